The van der Waals surface area contributed by atoms with Gasteiger partial charge in [-0.3, -0.25) is 14.5 Å². The minimum absolute atomic E-state index is 0.121. The Labute approximate surface area is 194 Å². The Morgan fingerprint density at radius 3 is 2.39 bits per heavy atom. The van der Waals surface area contributed by atoms with E-state index >= 15 is 0 Å². The fraction of sp³-hybridized carbons (Fsp3) is 0.385. The molecule has 2 saturated heterocycles. The molecule has 2 aliphatic rings. The van der Waals surface area contributed by atoms with Crippen LogP contribution in [0.15, 0.2) is 60.2 Å². The van der Waals surface area contributed by atoms with Crippen molar-refractivity contribution in [1.29, 1.82) is 0 Å². The number of aliphatic hydroxyl groups excluding tert-OH is 1. The number of Topliss-reactive ketones (excluding diaryl/α,β-unsaturated/α-hetero) is 1. The molecule has 33 heavy (non-hydrogen) atoms. The number of morpholine rings is 1. The molecule has 7 nitrogen and oxygen atoms in total. The van der Waals surface area contributed by atoms with Gasteiger partial charge in [-0.15, -0.1) is 0 Å². The molecule has 7 heteroatoms. The molecular formula is C26H30N2O5. The Balaban J connectivity index is 1.66. The number of rotatable bonds is 8. The van der Waals surface area contributed by atoms with E-state index in [9.17, 15) is 14.7 Å². The van der Waals surface area contributed by atoms with E-state index in [2.05, 4.69) is 4.90 Å². The molecule has 2 fully saturated rings. The van der Waals surface area contributed by atoms with Crippen LogP contribution in [0.25, 0.3) is 5.76 Å². The second-order valence-electron chi connectivity index (χ2n) is 8.23. The summed E-state index contributed by atoms with van der Waals surface area (Å²) in [6.07, 6.45) is 0.896. The molecule has 0 unspecified atom stereocenters. The summed E-state index contributed by atoms with van der Waals surface area (Å²) in [6.45, 7) is 6.60. The van der Waals surface area contributed by atoms with Crippen LogP contribution < -0.4 is 4.74 Å². The first kappa shape index (κ1) is 23.0. The molecule has 2 aromatic carbocycles. The molecule has 1 atom stereocenters. The highest BCUT2D eigenvalue weighted by molar-refractivity contribution is 6.46. The van der Waals surface area contributed by atoms with Gasteiger partial charge in [0.15, 0.2) is 0 Å². The van der Waals surface area contributed by atoms with Crippen LogP contribution in [0.3, 0.4) is 0 Å². The van der Waals surface area contributed by atoms with Gasteiger partial charge in [-0.05, 0) is 36.2 Å². The van der Waals surface area contributed by atoms with Crippen molar-refractivity contribution in [2.24, 2.45) is 0 Å². The predicted molar refractivity (Wildman–Crippen MR) is 125 cm³/mol. The van der Waals surface area contributed by atoms with Gasteiger partial charge in [0.05, 0.1) is 31.4 Å². The Bertz CT molecular complexity index is 997. The zero-order valence-corrected chi connectivity index (χ0v) is 18.9. The normalized spacial score (nSPS) is 20.9. The van der Waals surface area contributed by atoms with Crippen molar-refractivity contribution in [2.45, 2.75) is 19.4 Å². The highest BCUT2D eigenvalue weighted by atomic mass is 16.5. The van der Waals surface area contributed by atoms with Crippen LogP contribution in [-0.4, -0.2) is 72.6 Å². The molecule has 2 aromatic rings. The summed E-state index contributed by atoms with van der Waals surface area (Å²) in [5, 5.41) is 11.2. The molecule has 4 rings (SSSR count). The monoisotopic (exact) mass is 450 g/mol. The van der Waals surface area contributed by atoms with Crippen LogP contribution in [0.4, 0.5) is 0 Å². The van der Waals surface area contributed by atoms with Crippen molar-refractivity contribution in [1.82, 2.24) is 9.80 Å². The average Bonchev–Trinajstić information content (AvgIpc) is 3.12. The number of hydrogen-bond donors (Lipinski definition) is 1. The summed E-state index contributed by atoms with van der Waals surface area (Å²) >= 11 is 0. The molecule has 0 radical (unpaired) electrons. The van der Waals surface area contributed by atoms with Crippen LogP contribution in [0.2, 0.25) is 0 Å². The number of ether oxygens (including phenoxy) is 2. The molecule has 0 bridgehead atoms. The van der Waals surface area contributed by atoms with Crippen LogP contribution in [0.5, 0.6) is 5.75 Å². The van der Waals surface area contributed by atoms with Gasteiger partial charge >= 0.3 is 0 Å². The van der Waals surface area contributed by atoms with E-state index < -0.39 is 17.7 Å². The van der Waals surface area contributed by atoms with Crippen molar-refractivity contribution in [2.75, 3.05) is 46.0 Å². The van der Waals surface area contributed by atoms with E-state index in [0.29, 0.717) is 44.2 Å². The number of nitrogens with zero attached hydrogens (tertiary/aromatic N) is 2. The van der Waals surface area contributed by atoms with Gasteiger partial charge in [0.1, 0.15) is 11.5 Å². The van der Waals surface area contributed by atoms with Crippen molar-refractivity contribution in [3.8, 4) is 5.75 Å². The molecule has 0 saturated carbocycles. The zero-order valence-electron chi connectivity index (χ0n) is 18.9. The first-order valence-corrected chi connectivity index (χ1v) is 11.5. The fourth-order valence-electron chi connectivity index (χ4n) is 4.25. The molecular weight excluding hydrogens is 420 g/mol. The van der Waals surface area contributed by atoms with E-state index in [4.69, 9.17) is 9.47 Å². The second-order valence-corrected chi connectivity index (χ2v) is 8.23. The standard InChI is InChI=1S/C26H30N2O5/c1-2-16-33-21-10-8-20(9-11-21)24(29)22-23(19-6-4-3-5-7-19)28(26(31)25(22)30)13-12-27-14-17-32-18-15-27/h3-11,23,29H,2,12-18H2,1H3/b24-22+/t23-/m0/s1. The Kier molecular flexibility index (Phi) is 7.42. The van der Waals surface area contributed by atoms with Gasteiger partial charge in [-0.2, -0.15) is 0 Å². The number of carbonyl (C=O) groups excluding carboxylic acids is 2. The Morgan fingerprint density at radius 1 is 1.03 bits per heavy atom. The van der Waals surface area contributed by atoms with Crippen molar-refractivity contribution in [3.63, 3.8) is 0 Å². The topological polar surface area (TPSA) is 79.3 Å². The van der Waals surface area contributed by atoms with E-state index in [-0.39, 0.29) is 11.3 Å². The first-order chi connectivity index (χ1) is 16.1. The van der Waals surface area contributed by atoms with Gasteiger partial charge in [-0.1, -0.05) is 37.3 Å². The van der Waals surface area contributed by atoms with Crippen LogP contribution >= 0.6 is 0 Å². The number of benzene rings is 2. The van der Waals surface area contributed by atoms with Crippen molar-refractivity contribution >= 4 is 17.4 Å². The molecule has 1 N–H and O–H groups in total. The van der Waals surface area contributed by atoms with Crippen molar-refractivity contribution < 1.29 is 24.2 Å². The maximum atomic E-state index is 13.1. The van der Waals surface area contributed by atoms with Gasteiger partial charge in [-0.25, -0.2) is 0 Å². The number of amides is 1. The fourth-order valence-corrected chi connectivity index (χ4v) is 4.25. The van der Waals surface area contributed by atoms with Gasteiger partial charge in [0.2, 0.25) is 0 Å². The summed E-state index contributed by atoms with van der Waals surface area (Å²) in [4.78, 5) is 30.0. The minimum Gasteiger partial charge on any atom is -0.507 e. The largest absolute Gasteiger partial charge is 0.507 e. The molecule has 2 heterocycles. The first-order valence-electron chi connectivity index (χ1n) is 11.5. The third-order valence-corrected chi connectivity index (χ3v) is 6.02. The van der Waals surface area contributed by atoms with E-state index in [0.717, 1.165) is 25.1 Å². The predicted octanol–water partition coefficient (Wildman–Crippen LogP) is 3.23. The van der Waals surface area contributed by atoms with Crippen LogP contribution in [0.1, 0.15) is 30.5 Å². The Morgan fingerprint density at radius 2 is 1.73 bits per heavy atom. The maximum absolute atomic E-state index is 13.1. The quantitative estimate of drug-likeness (QED) is 0.378. The third kappa shape index (κ3) is 5.10. The lowest BCUT2D eigenvalue weighted by atomic mass is 9.95. The molecule has 0 spiro atoms. The summed E-state index contributed by atoms with van der Waals surface area (Å²) in [7, 11) is 0. The summed E-state index contributed by atoms with van der Waals surface area (Å²) in [5.74, 6) is -0.715. The number of aliphatic hydroxyl groups is 1. The number of ketones is 1. The van der Waals surface area contributed by atoms with Gasteiger partial charge in [0.25, 0.3) is 11.7 Å². The lowest BCUT2D eigenvalue weighted by Gasteiger charge is -2.31. The highest BCUT2D eigenvalue weighted by Crippen LogP contribution is 2.39. The second kappa shape index (κ2) is 10.6. The summed E-state index contributed by atoms with van der Waals surface area (Å²) in [5.41, 5.74) is 1.39. The highest BCUT2D eigenvalue weighted by Gasteiger charge is 2.45. The SMILES string of the molecule is CCCOc1ccc(/C(O)=C2\C(=O)C(=O)N(CCN3CCOCC3)[C@H]2c2ccccc2)cc1. The summed E-state index contributed by atoms with van der Waals surface area (Å²) in [6, 6.07) is 15.7. The van der Waals surface area contributed by atoms with E-state index in [1.54, 1.807) is 29.2 Å². The van der Waals surface area contributed by atoms with Crippen LogP contribution in [0, 0.1) is 0 Å². The lowest BCUT2D eigenvalue weighted by Crippen LogP contribution is -2.42. The minimum atomic E-state index is -0.658. The van der Waals surface area contributed by atoms with Crippen LogP contribution in [-0.2, 0) is 14.3 Å². The average molecular weight is 451 g/mol. The molecule has 2 aliphatic heterocycles. The smallest absolute Gasteiger partial charge is 0.295 e. The molecule has 1 amide bonds. The van der Waals surface area contributed by atoms with Gasteiger partial charge < -0.3 is 19.5 Å². The number of hydrogen-bond acceptors (Lipinski definition) is 6. The summed E-state index contributed by atoms with van der Waals surface area (Å²) < 4.78 is 11.0. The molecule has 0 aromatic heterocycles. The zero-order chi connectivity index (χ0) is 23.2. The number of carbonyl (C=O) groups is 2. The molecule has 174 valence electrons. The lowest BCUT2D eigenvalue weighted by molar-refractivity contribution is -0.140. The van der Waals surface area contributed by atoms with E-state index in [1.807, 2.05) is 37.3 Å². The van der Waals surface area contributed by atoms with Gasteiger partial charge in [0, 0.05) is 31.7 Å². The van der Waals surface area contributed by atoms with Crippen molar-refractivity contribution in [3.05, 3.63) is 71.3 Å². The maximum Gasteiger partial charge on any atom is 0.295 e. The Hall–Kier alpha value is -3.16. The van der Waals surface area contributed by atoms with E-state index in [1.165, 1.54) is 0 Å². The third-order valence-electron chi connectivity index (χ3n) is 6.02. The molecule has 0 aliphatic carbocycles. The number of likely N-dealkylation sites (tertiary alicyclic amines) is 1.